The van der Waals surface area contributed by atoms with Crippen molar-refractivity contribution in [1.29, 1.82) is 0 Å². The van der Waals surface area contributed by atoms with E-state index in [1.54, 1.807) is 30.3 Å². The summed E-state index contributed by atoms with van der Waals surface area (Å²) in [6, 6.07) is 14.8. The first-order chi connectivity index (χ1) is 12.7. The lowest BCUT2D eigenvalue weighted by Crippen LogP contribution is -2.14. The number of hydrogen-bond acceptors (Lipinski definition) is 5. The molecule has 0 unspecified atom stereocenters. The lowest BCUT2D eigenvalue weighted by atomic mass is 10.3. The fourth-order valence-electron chi connectivity index (χ4n) is 2.08. The van der Waals surface area contributed by atoms with Gasteiger partial charge in [-0.2, -0.15) is 0 Å². The third-order valence-electron chi connectivity index (χ3n) is 3.33. The predicted octanol–water partition coefficient (Wildman–Crippen LogP) is 4.77. The van der Waals surface area contributed by atoms with E-state index < -0.39 is 20.0 Å². The summed E-state index contributed by atoms with van der Waals surface area (Å²) in [7, 11) is -7.54. The average molecular weight is 508 g/mol. The van der Waals surface area contributed by atoms with Crippen molar-refractivity contribution in [2.24, 2.45) is 0 Å². The minimum absolute atomic E-state index is 0.000680. The molecule has 0 aliphatic carbocycles. The molecule has 2 N–H and O–H groups in total. The summed E-state index contributed by atoms with van der Waals surface area (Å²) in [6.45, 7) is 0. The van der Waals surface area contributed by atoms with Gasteiger partial charge in [0.25, 0.3) is 20.0 Å². The largest absolute Gasteiger partial charge is 0.280 e. The van der Waals surface area contributed by atoms with Gasteiger partial charge in [-0.05, 0) is 76.6 Å². The molecular weight excluding hydrogens is 496 g/mol. The molecule has 0 bridgehead atoms. The molecular formula is C16H12BrClN2O4S3. The first-order valence-electron chi connectivity index (χ1n) is 7.32. The summed E-state index contributed by atoms with van der Waals surface area (Å²) in [4.78, 5) is -0.000680. The highest BCUT2D eigenvalue weighted by molar-refractivity contribution is 9.11. The van der Waals surface area contributed by atoms with Gasteiger partial charge >= 0.3 is 0 Å². The van der Waals surface area contributed by atoms with Crippen LogP contribution >= 0.6 is 38.9 Å². The molecule has 3 aromatic rings. The Bertz CT molecular complexity index is 1160. The van der Waals surface area contributed by atoms with E-state index >= 15 is 0 Å². The minimum Gasteiger partial charge on any atom is -0.280 e. The highest BCUT2D eigenvalue weighted by Crippen LogP contribution is 2.28. The van der Waals surface area contributed by atoms with Crippen molar-refractivity contribution in [2.45, 2.75) is 9.10 Å². The molecule has 0 saturated carbocycles. The highest BCUT2D eigenvalue weighted by atomic mass is 79.9. The molecule has 0 spiro atoms. The molecule has 0 amide bonds. The van der Waals surface area contributed by atoms with Crippen LogP contribution in [0.1, 0.15) is 0 Å². The third-order valence-corrected chi connectivity index (χ3v) is 8.47. The Labute approximate surface area is 174 Å². The average Bonchev–Trinajstić information content (AvgIpc) is 3.04. The van der Waals surface area contributed by atoms with E-state index in [0.29, 0.717) is 14.5 Å². The van der Waals surface area contributed by atoms with Gasteiger partial charge in [0.05, 0.1) is 8.68 Å². The van der Waals surface area contributed by atoms with Crippen LogP contribution in [0.2, 0.25) is 5.02 Å². The van der Waals surface area contributed by atoms with Crippen molar-refractivity contribution in [1.82, 2.24) is 0 Å². The zero-order valence-corrected chi connectivity index (χ0v) is 18.2. The number of benzene rings is 2. The smallest absolute Gasteiger partial charge is 0.271 e. The lowest BCUT2D eigenvalue weighted by molar-refractivity contribution is 0.600. The van der Waals surface area contributed by atoms with Gasteiger partial charge in [0.2, 0.25) is 0 Å². The number of anilines is 2. The van der Waals surface area contributed by atoms with Gasteiger partial charge < -0.3 is 0 Å². The van der Waals surface area contributed by atoms with Crippen molar-refractivity contribution in [2.75, 3.05) is 9.44 Å². The molecule has 0 saturated heterocycles. The van der Waals surface area contributed by atoms with Crippen LogP contribution in [0.4, 0.5) is 11.4 Å². The van der Waals surface area contributed by atoms with E-state index in [1.807, 2.05) is 0 Å². The minimum atomic E-state index is -3.81. The van der Waals surface area contributed by atoms with Crippen LogP contribution in [-0.4, -0.2) is 16.8 Å². The molecule has 27 heavy (non-hydrogen) atoms. The van der Waals surface area contributed by atoms with E-state index in [9.17, 15) is 16.8 Å². The van der Waals surface area contributed by atoms with Gasteiger partial charge in [-0.1, -0.05) is 11.6 Å². The molecule has 11 heteroatoms. The second kappa shape index (κ2) is 7.80. The second-order valence-electron chi connectivity index (χ2n) is 5.30. The van der Waals surface area contributed by atoms with Crippen LogP contribution in [0, 0.1) is 0 Å². The summed E-state index contributed by atoms with van der Waals surface area (Å²) in [5, 5.41) is 0.493. The van der Waals surface area contributed by atoms with E-state index in [2.05, 4.69) is 25.4 Å². The fraction of sp³-hybridized carbons (Fsp3) is 0. The molecule has 1 aromatic heterocycles. The summed E-state index contributed by atoms with van der Waals surface area (Å²) in [6.07, 6.45) is 0. The Hall–Kier alpha value is -1.59. The Morgan fingerprint density at radius 1 is 0.741 bits per heavy atom. The number of nitrogens with one attached hydrogen (secondary N) is 2. The standard InChI is InChI=1S/C16H12BrClN2O4S3/c17-15-9-10-16(25-15)27(23,24)20-13-5-7-14(8-6-13)26(21,22)19-12-3-1-11(18)2-4-12/h1-10,19-20H. The number of thiophene rings is 1. The molecule has 0 aliphatic heterocycles. The first kappa shape index (κ1) is 20.2. The van der Waals surface area contributed by atoms with Crippen molar-refractivity contribution in [3.8, 4) is 0 Å². The topological polar surface area (TPSA) is 92.3 Å². The molecule has 142 valence electrons. The molecule has 2 aromatic carbocycles. The molecule has 0 radical (unpaired) electrons. The molecule has 0 aliphatic rings. The summed E-state index contributed by atoms with van der Waals surface area (Å²) >= 11 is 10.1. The fourth-order valence-corrected chi connectivity index (χ4v) is 6.33. The second-order valence-corrected chi connectivity index (χ2v) is 11.8. The van der Waals surface area contributed by atoms with Crippen molar-refractivity contribution in [3.05, 3.63) is 69.5 Å². The summed E-state index contributed by atoms with van der Waals surface area (Å²) in [5.41, 5.74) is 0.623. The van der Waals surface area contributed by atoms with E-state index in [-0.39, 0.29) is 14.8 Å². The van der Waals surface area contributed by atoms with Crippen LogP contribution in [0.15, 0.2) is 73.6 Å². The molecule has 1 heterocycles. The highest BCUT2D eigenvalue weighted by Gasteiger charge is 2.18. The monoisotopic (exact) mass is 506 g/mol. The quantitative estimate of drug-likeness (QED) is 0.503. The zero-order chi connectivity index (χ0) is 19.7. The SMILES string of the molecule is O=S(=O)(Nc1ccc(Cl)cc1)c1ccc(NS(=O)(=O)c2ccc(Br)s2)cc1. The van der Waals surface area contributed by atoms with Crippen molar-refractivity contribution in [3.63, 3.8) is 0 Å². The van der Waals surface area contributed by atoms with Crippen LogP contribution in [0.5, 0.6) is 0 Å². The van der Waals surface area contributed by atoms with Gasteiger partial charge in [-0.15, -0.1) is 11.3 Å². The maximum absolute atomic E-state index is 12.4. The summed E-state index contributed by atoms with van der Waals surface area (Å²) < 4.78 is 55.1. The maximum Gasteiger partial charge on any atom is 0.271 e. The Balaban J connectivity index is 1.77. The molecule has 0 atom stereocenters. The van der Waals surface area contributed by atoms with E-state index in [0.717, 1.165) is 11.3 Å². The van der Waals surface area contributed by atoms with Crippen LogP contribution in [-0.2, 0) is 20.0 Å². The summed E-state index contributed by atoms with van der Waals surface area (Å²) in [5.74, 6) is 0. The molecule has 3 rings (SSSR count). The lowest BCUT2D eigenvalue weighted by Gasteiger charge is -2.10. The molecule has 0 fully saturated rings. The van der Waals surface area contributed by atoms with Gasteiger partial charge in [0, 0.05) is 16.4 Å². The van der Waals surface area contributed by atoms with Crippen LogP contribution in [0.3, 0.4) is 0 Å². The Morgan fingerprint density at radius 2 is 1.26 bits per heavy atom. The number of hydrogen-bond donors (Lipinski definition) is 2. The van der Waals surface area contributed by atoms with E-state index in [4.69, 9.17) is 11.6 Å². The Kier molecular flexibility index (Phi) is 5.82. The zero-order valence-electron chi connectivity index (χ0n) is 13.4. The van der Waals surface area contributed by atoms with Crippen molar-refractivity contribution >= 4 is 70.3 Å². The number of halogens is 2. The number of rotatable bonds is 6. The van der Waals surface area contributed by atoms with Gasteiger partial charge in [0.1, 0.15) is 4.21 Å². The van der Waals surface area contributed by atoms with Crippen LogP contribution in [0.25, 0.3) is 0 Å². The van der Waals surface area contributed by atoms with E-state index in [1.165, 1.54) is 30.3 Å². The number of sulfonamides is 2. The normalized spacial score (nSPS) is 11.9. The third kappa shape index (κ3) is 5.02. The van der Waals surface area contributed by atoms with Crippen LogP contribution < -0.4 is 9.44 Å². The van der Waals surface area contributed by atoms with Gasteiger partial charge in [0.15, 0.2) is 0 Å². The van der Waals surface area contributed by atoms with Gasteiger partial charge in [-0.25, -0.2) is 16.8 Å². The van der Waals surface area contributed by atoms with Crippen molar-refractivity contribution < 1.29 is 16.8 Å². The predicted molar refractivity (Wildman–Crippen MR) is 112 cm³/mol. The Morgan fingerprint density at radius 3 is 1.78 bits per heavy atom. The van der Waals surface area contributed by atoms with Gasteiger partial charge in [-0.3, -0.25) is 9.44 Å². The maximum atomic E-state index is 12.4. The first-order valence-corrected chi connectivity index (χ1v) is 12.3. The molecule has 6 nitrogen and oxygen atoms in total.